The first-order valence-electron chi connectivity index (χ1n) is 6.33. The van der Waals surface area contributed by atoms with Crippen LogP contribution in [0.3, 0.4) is 0 Å². The van der Waals surface area contributed by atoms with Crippen molar-refractivity contribution in [1.82, 2.24) is 0 Å². The smallest absolute Gasteiger partial charge is 0.201 e. The maximum Gasteiger partial charge on any atom is 0.277 e. The summed E-state index contributed by atoms with van der Waals surface area (Å²) >= 11 is 4.24. The van der Waals surface area contributed by atoms with Crippen LogP contribution in [0.4, 0.5) is 8.78 Å². The molecule has 20 heavy (non-hydrogen) atoms. The number of alkyl halides is 2. The van der Waals surface area contributed by atoms with Gasteiger partial charge in [0.25, 0.3) is 5.92 Å². The summed E-state index contributed by atoms with van der Waals surface area (Å²) in [5, 5.41) is 0. The van der Waals surface area contributed by atoms with Crippen LogP contribution >= 0.6 is 37.2 Å². The second-order valence-electron chi connectivity index (χ2n) is 4.89. The molecule has 0 spiro atoms. The zero-order valence-corrected chi connectivity index (χ0v) is 15.1. The average molecular weight is 498 g/mol. The number of benzene rings is 2. The highest BCUT2D eigenvalue weighted by atomic mass is 128. The van der Waals surface area contributed by atoms with Crippen LogP contribution in [-0.2, 0) is 25.2 Å². The van der Waals surface area contributed by atoms with Crippen molar-refractivity contribution in [2.45, 2.75) is 25.2 Å². The summed E-state index contributed by atoms with van der Waals surface area (Å²) in [4.78, 5) is 0. The lowest BCUT2D eigenvalue weighted by atomic mass is 9.95. The van der Waals surface area contributed by atoms with Gasteiger partial charge in [0.05, 0.1) is 0 Å². The van der Waals surface area contributed by atoms with Gasteiger partial charge in [-0.1, -0.05) is 48.5 Å². The summed E-state index contributed by atoms with van der Waals surface area (Å²) in [5.41, 5.74) is 3.11. The largest absolute Gasteiger partial charge is 0.277 e. The lowest BCUT2D eigenvalue weighted by Gasteiger charge is -2.18. The molecule has 4 aliphatic rings. The van der Waals surface area contributed by atoms with Crippen molar-refractivity contribution in [2.75, 3.05) is 0 Å². The minimum atomic E-state index is -2.79. The van der Waals surface area contributed by atoms with Crippen molar-refractivity contribution in [2.24, 2.45) is 0 Å². The molecule has 0 heterocycles. The number of halogens is 4. The highest BCUT2D eigenvalue weighted by Crippen LogP contribution is 2.32. The minimum Gasteiger partial charge on any atom is -0.201 e. The van der Waals surface area contributed by atoms with Gasteiger partial charge in [0.2, 0.25) is 0 Å². The Kier molecular flexibility index (Phi) is 5.77. The molecule has 6 rings (SSSR count). The molecular formula is C16H14F2I2. The molecule has 0 saturated heterocycles. The average Bonchev–Trinajstić information content (AvgIpc) is 2.47. The summed E-state index contributed by atoms with van der Waals surface area (Å²) in [6.45, 7) is 0. The molecule has 0 aliphatic heterocycles. The van der Waals surface area contributed by atoms with E-state index in [0.29, 0.717) is 5.56 Å². The number of hydrogen-bond donors (Lipinski definition) is 0. The predicted molar refractivity (Wildman–Crippen MR) is 95.9 cm³/mol. The van der Waals surface area contributed by atoms with Gasteiger partial charge in [0.1, 0.15) is 0 Å². The van der Waals surface area contributed by atoms with E-state index < -0.39 is 5.92 Å². The Morgan fingerprint density at radius 1 is 0.700 bits per heavy atom. The van der Waals surface area contributed by atoms with Gasteiger partial charge in [-0.3, -0.25) is 0 Å². The third-order valence-corrected chi connectivity index (χ3v) is 3.53. The van der Waals surface area contributed by atoms with Gasteiger partial charge in [-0.15, -0.1) is 0 Å². The van der Waals surface area contributed by atoms with Crippen molar-refractivity contribution in [3.8, 4) is 0 Å². The van der Waals surface area contributed by atoms with Crippen molar-refractivity contribution in [3.05, 3.63) is 70.8 Å². The second kappa shape index (κ2) is 7.15. The fourth-order valence-electron chi connectivity index (χ4n) is 2.39. The molecule has 2 aromatic rings. The molecule has 106 valence electrons. The van der Waals surface area contributed by atoms with Crippen LogP contribution in [0, 0.1) is 0 Å². The fraction of sp³-hybridized carbons (Fsp3) is 0.250. The summed E-state index contributed by atoms with van der Waals surface area (Å²) in [7, 11) is 0. The van der Waals surface area contributed by atoms with E-state index in [2.05, 4.69) is 37.2 Å². The van der Waals surface area contributed by atoms with Crippen LogP contribution < -0.4 is 0 Å². The van der Waals surface area contributed by atoms with Gasteiger partial charge in [0.15, 0.2) is 0 Å². The van der Waals surface area contributed by atoms with Crippen molar-refractivity contribution in [3.63, 3.8) is 0 Å². The Labute approximate surface area is 141 Å². The highest BCUT2D eigenvalue weighted by Gasteiger charge is 2.31. The van der Waals surface area contributed by atoms with Crippen LogP contribution in [-0.4, -0.2) is 0 Å². The number of hydrogen-bond acceptors (Lipinski definition) is 0. The van der Waals surface area contributed by atoms with Gasteiger partial charge in [-0.2, -0.15) is 0 Å². The SMILES string of the molecule is FC1(F)Cc2ccc(cc2)CCc2ccc1cc2.II. The van der Waals surface area contributed by atoms with Gasteiger partial charge < -0.3 is 0 Å². The lowest BCUT2D eigenvalue weighted by Crippen LogP contribution is -2.17. The molecule has 0 amide bonds. The summed E-state index contributed by atoms with van der Waals surface area (Å²) in [6.07, 6.45) is 1.62. The summed E-state index contributed by atoms with van der Waals surface area (Å²) in [5.74, 6) is -2.79. The normalized spacial score (nSPS) is 15.8. The molecule has 0 aromatic heterocycles. The number of aryl methyl sites for hydroxylation is 2. The van der Waals surface area contributed by atoms with E-state index in [4.69, 9.17) is 0 Å². The summed E-state index contributed by atoms with van der Waals surface area (Å²) < 4.78 is 28.2. The second-order valence-corrected chi connectivity index (χ2v) is 4.89. The molecule has 0 saturated carbocycles. The zero-order chi connectivity index (χ0) is 14.6. The van der Waals surface area contributed by atoms with E-state index in [0.717, 1.165) is 18.4 Å². The maximum atomic E-state index is 14.1. The third-order valence-electron chi connectivity index (χ3n) is 3.53. The first-order valence-corrected chi connectivity index (χ1v) is 12.6. The zero-order valence-electron chi connectivity index (χ0n) is 10.8. The van der Waals surface area contributed by atoms with Gasteiger partial charge >= 0.3 is 0 Å². The molecule has 4 heteroatoms. The van der Waals surface area contributed by atoms with E-state index >= 15 is 0 Å². The lowest BCUT2D eigenvalue weighted by molar-refractivity contribution is -0.00384. The van der Waals surface area contributed by atoms with Crippen LogP contribution in [0.25, 0.3) is 0 Å². The summed E-state index contributed by atoms with van der Waals surface area (Å²) in [6, 6.07) is 14.3. The monoisotopic (exact) mass is 498 g/mol. The topological polar surface area (TPSA) is 0 Å². The van der Waals surface area contributed by atoms with E-state index in [-0.39, 0.29) is 12.0 Å². The predicted octanol–water partition coefficient (Wildman–Crippen LogP) is 5.89. The fourth-order valence-corrected chi connectivity index (χ4v) is 2.39. The molecule has 0 fully saturated rings. The quantitative estimate of drug-likeness (QED) is 0.398. The minimum absolute atomic E-state index is 0.107. The Morgan fingerprint density at radius 2 is 1.10 bits per heavy atom. The van der Waals surface area contributed by atoms with Crippen molar-refractivity contribution in [1.29, 1.82) is 0 Å². The van der Waals surface area contributed by atoms with Crippen LogP contribution in [0.1, 0.15) is 22.3 Å². The molecule has 0 atom stereocenters. The molecule has 4 bridgehead atoms. The molecule has 0 radical (unpaired) electrons. The standard InChI is InChI=1S/C16H14F2.I2/c17-16(18)11-14-5-3-12(4-6-14)1-2-13-7-9-15(16)10-8-13;1-2/h3-10H,1-2,11H2;. The molecule has 2 aromatic carbocycles. The molecule has 0 N–H and O–H groups in total. The van der Waals surface area contributed by atoms with E-state index in [1.54, 1.807) is 12.1 Å². The van der Waals surface area contributed by atoms with Gasteiger partial charge in [0, 0.05) is 49.2 Å². The third kappa shape index (κ3) is 3.90. The number of rotatable bonds is 0. The Morgan fingerprint density at radius 3 is 1.60 bits per heavy atom. The van der Waals surface area contributed by atoms with Crippen LogP contribution in [0.15, 0.2) is 48.5 Å². The molecule has 0 unspecified atom stereocenters. The Hall–Kier alpha value is -0.240. The Balaban J connectivity index is 0.000000704. The molecule has 0 nitrogen and oxygen atoms in total. The van der Waals surface area contributed by atoms with Crippen LogP contribution in [0.2, 0.25) is 0 Å². The molecular weight excluding hydrogens is 484 g/mol. The highest BCUT2D eigenvalue weighted by molar-refractivity contribution is 15.0. The maximum absolute atomic E-state index is 14.1. The van der Waals surface area contributed by atoms with E-state index in [1.165, 1.54) is 5.56 Å². The van der Waals surface area contributed by atoms with E-state index in [9.17, 15) is 8.78 Å². The van der Waals surface area contributed by atoms with Gasteiger partial charge in [-0.25, -0.2) is 8.78 Å². The molecule has 4 aliphatic carbocycles. The first-order chi connectivity index (χ1) is 9.63. The van der Waals surface area contributed by atoms with Crippen molar-refractivity contribution >= 4 is 37.2 Å². The Bertz CT molecular complexity index is 548. The van der Waals surface area contributed by atoms with E-state index in [1.807, 2.05) is 36.4 Å². The first kappa shape index (κ1) is 16.1. The van der Waals surface area contributed by atoms with Crippen molar-refractivity contribution < 1.29 is 8.78 Å². The van der Waals surface area contributed by atoms with Crippen LogP contribution in [0.5, 0.6) is 0 Å². The van der Waals surface area contributed by atoms with Gasteiger partial charge in [-0.05, 0) is 29.5 Å².